The third kappa shape index (κ3) is 3.95. The first-order valence-electron chi connectivity index (χ1n) is 7.26. The fraction of sp³-hybridized carbons (Fsp3) is 0.467. The smallest absolute Gasteiger partial charge is 0.315 e. The molecular formula is C15H20N4O2. The van der Waals surface area contributed by atoms with Crippen molar-refractivity contribution in [3.05, 3.63) is 35.7 Å². The summed E-state index contributed by atoms with van der Waals surface area (Å²) >= 11 is 0. The molecule has 1 heterocycles. The van der Waals surface area contributed by atoms with E-state index in [0.29, 0.717) is 24.5 Å². The number of anilines is 1. The summed E-state index contributed by atoms with van der Waals surface area (Å²) in [4.78, 5) is 0. The van der Waals surface area contributed by atoms with Crippen molar-refractivity contribution in [2.24, 2.45) is 0 Å². The van der Waals surface area contributed by atoms with Crippen LogP contribution in [0.15, 0.2) is 28.7 Å². The highest BCUT2D eigenvalue weighted by atomic mass is 16.5. The van der Waals surface area contributed by atoms with E-state index in [1.54, 1.807) is 7.11 Å². The van der Waals surface area contributed by atoms with Gasteiger partial charge in [0.05, 0.1) is 13.7 Å². The molecule has 0 spiro atoms. The Morgan fingerprint density at radius 2 is 2.14 bits per heavy atom. The molecule has 0 atom stereocenters. The van der Waals surface area contributed by atoms with E-state index in [9.17, 15) is 0 Å². The third-order valence-corrected chi connectivity index (χ3v) is 3.45. The van der Waals surface area contributed by atoms with Crippen LogP contribution in [0.3, 0.4) is 0 Å². The molecule has 1 fully saturated rings. The average Bonchev–Trinajstić information content (AvgIpc) is 3.24. The Hall–Kier alpha value is -2.08. The van der Waals surface area contributed by atoms with E-state index in [4.69, 9.17) is 9.15 Å². The Morgan fingerprint density at radius 1 is 1.29 bits per heavy atom. The first-order valence-corrected chi connectivity index (χ1v) is 7.26. The average molecular weight is 288 g/mol. The standard InChI is InChI=1S/C15H20N4O2/c1-20-13-5-3-2-4-11(13)8-9-16-15-19-18-14(21-15)10-17-12-6-7-12/h2-5,12,17H,6-10H2,1H3,(H,16,19). The van der Waals surface area contributed by atoms with Crippen LogP contribution in [0.2, 0.25) is 0 Å². The fourth-order valence-electron chi connectivity index (χ4n) is 2.13. The molecule has 1 saturated carbocycles. The van der Waals surface area contributed by atoms with E-state index in [0.717, 1.165) is 24.3 Å². The number of rotatable bonds is 8. The predicted molar refractivity (Wildman–Crippen MR) is 79.3 cm³/mol. The van der Waals surface area contributed by atoms with Crippen LogP contribution in [-0.4, -0.2) is 29.9 Å². The van der Waals surface area contributed by atoms with Crippen LogP contribution >= 0.6 is 0 Å². The molecule has 0 saturated heterocycles. The van der Waals surface area contributed by atoms with Crippen molar-refractivity contribution in [1.29, 1.82) is 0 Å². The first kappa shape index (κ1) is 13.9. The van der Waals surface area contributed by atoms with E-state index in [-0.39, 0.29) is 0 Å². The van der Waals surface area contributed by atoms with E-state index < -0.39 is 0 Å². The number of benzene rings is 1. The third-order valence-electron chi connectivity index (χ3n) is 3.45. The minimum Gasteiger partial charge on any atom is -0.496 e. The van der Waals surface area contributed by atoms with Gasteiger partial charge in [0.15, 0.2) is 0 Å². The molecule has 1 aromatic heterocycles. The molecule has 2 aromatic rings. The SMILES string of the molecule is COc1ccccc1CCNc1nnc(CNC2CC2)o1. The molecule has 21 heavy (non-hydrogen) atoms. The number of nitrogens with one attached hydrogen (secondary N) is 2. The predicted octanol–water partition coefficient (Wildman–Crippen LogP) is 1.98. The van der Waals surface area contributed by atoms with Gasteiger partial charge in [-0.3, -0.25) is 0 Å². The number of nitrogens with zero attached hydrogens (tertiary/aromatic N) is 2. The minimum atomic E-state index is 0.470. The lowest BCUT2D eigenvalue weighted by atomic mass is 10.1. The Balaban J connectivity index is 1.46. The molecule has 3 rings (SSSR count). The Kier molecular flexibility index (Phi) is 4.35. The quantitative estimate of drug-likeness (QED) is 0.774. The summed E-state index contributed by atoms with van der Waals surface area (Å²) in [5.41, 5.74) is 1.16. The van der Waals surface area contributed by atoms with Crippen molar-refractivity contribution in [2.45, 2.75) is 31.8 Å². The van der Waals surface area contributed by atoms with Gasteiger partial charge in [-0.15, -0.1) is 5.10 Å². The van der Waals surface area contributed by atoms with Crippen LogP contribution in [0.1, 0.15) is 24.3 Å². The van der Waals surface area contributed by atoms with Gasteiger partial charge in [0.1, 0.15) is 5.75 Å². The monoisotopic (exact) mass is 288 g/mol. The number of ether oxygens (including phenoxy) is 1. The lowest BCUT2D eigenvalue weighted by molar-refractivity contribution is 0.410. The molecule has 0 unspecified atom stereocenters. The largest absolute Gasteiger partial charge is 0.496 e. The summed E-state index contributed by atoms with van der Waals surface area (Å²) in [5.74, 6) is 1.53. The molecule has 6 nitrogen and oxygen atoms in total. The van der Waals surface area contributed by atoms with Crippen molar-refractivity contribution in [2.75, 3.05) is 19.0 Å². The van der Waals surface area contributed by atoms with Gasteiger partial charge >= 0.3 is 6.01 Å². The first-order chi connectivity index (χ1) is 10.3. The van der Waals surface area contributed by atoms with Crippen LogP contribution in [0.4, 0.5) is 6.01 Å². The van der Waals surface area contributed by atoms with Crippen LogP contribution in [-0.2, 0) is 13.0 Å². The Bertz CT molecular complexity index is 581. The molecule has 1 aliphatic rings. The lowest BCUT2D eigenvalue weighted by Crippen LogP contribution is -2.15. The topological polar surface area (TPSA) is 72.2 Å². The summed E-state index contributed by atoms with van der Waals surface area (Å²) in [5, 5.41) is 14.5. The van der Waals surface area contributed by atoms with Gasteiger partial charge in [0, 0.05) is 12.6 Å². The molecule has 1 aliphatic carbocycles. The van der Waals surface area contributed by atoms with Crippen molar-refractivity contribution in [1.82, 2.24) is 15.5 Å². The zero-order chi connectivity index (χ0) is 14.5. The highest BCUT2D eigenvalue weighted by Crippen LogP contribution is 2.19. The van der Waals surface area contributed by atoms with Crippen molar-refractivity contribution >= 4 is 6.01 Å². The molecular weight excluding hydrogens is 268 g/mol. The number of hydrogen-bond donors (Lipinski definition) is 2. The molecule has 0 bridgehead atoms. The second kappa shape index (κ2) is 6.58. The van der Waals surface area contributed by atoms with Crippen molar-refractivity contribution in [3.8, 4) is 5.75 Å². The van der Waals surface area contributed by atoms with E-state index >= 15 is 0 Å². The van der Waals surface area contributed by atoms with Gasteiger partial charge in [-0.25, -0.2) is 0 Å². The zero-order valence-corrected chi connectivity index (χ0v) is 12.1. The van der Waals surface area contributed by atoms with Gasteiger partial charge in [-0.05, 0) is 30.9 Å². The van der Waals surface area contributed by atoms with Crippen molar-refractivity contribution in [3.63, 3.8) is 0 Å². The zero-order valence-electron chi connectivity index (χ0n) is 12.1. The van der Waals surface area contributed by atoms with Crippen LogP contribution in [0.5, 0.6) is 5.75 Å². The summed E-state index contributed by atoms with van der Waals surface area (Å²) in [6, 6.07) is 9.10. The summed E-state index contributed by atoms with van der Waals surface area (Å²) in [6.07, 6.45) is 3.33. The van der Waals surface area contributed by atoms with Gasteiger partial charge in [-0.1, -0.05) is 23.3 Å². The maximum atomic E-state index is 5.53. The second-order valence-electron chi connectivity index (χ2n) is 5.14. The summed E-state index contributed by atoms with van der Waals surface area (Å²) in [6.45, 7) is 1.36. The van der Waals surface area contributed by atoms with E-state index in [1.807, 2.05) is 18.2 Å². The Labute approximate surface area is 123 Å². The molecule has 112 valence electrons. The van der Waals surface area contributed by atoms with Gasteiger partial charge < -0.3 is 19.8 Å². The summed E-state index contributed by atoms with van der Waals surface area (Å²) in [7, 11) is 1.68. The fourth-order valence-corrected chi connectivity index (χ4v) is 2.13. The molecule has 1 aromatic carbocycles. The van der Waals surface area contributed by atoms with Gasteiger partial charge in [0.25, 0.3) is 0 Å². The minimum absolute atomic E-state index is 0.470. The number of aromatic nitrogens is 2. The van der Waals surface area contributed by atoms with Crippen LogP contribution in [0.25, 0.3) is 0 Å². The number of para-hydroxylation sites is 1. The molecule has 0 aliphatic heterocycles. The molecule has 2 N–H and O–H groups in total. The molecule has 0 radical (unpaired) electrons. The summed E-state index contributed by atoms with van der Waals surface area (Å²) < 4.78 is 10.9. The second-order valence-corrected chi connectivity index (χ2v) is 5.14. The van der Waals surface area contributed by atoms with E-state index in [1.165, 1.54) is 12.8 Å². The van der Waals surface area contributed by atoms with Crippen molar-refractivity contribution < 1.29 is 9.15 Å². The maximum Gasteiger partial charge on any atom is 0.315 e. The van der Waals surface area contributed by atoms with Crippen LogP contribution in [0, 0.1) is 0 Å². The number of hydrogen-bond acceptors (Lipinski definition) is 6. The van der Waals surface area contributed by atoms with Crippen LogP contribution < -0.4 is 15.4 Å². The molecule has 0 amide bonds. The van der Waals surface area contributed by atoms with E-state index in [2.05, 4.69) is 26.9 Å². The lowest BCUT2D eigenvalue weighted by Gasteiger charge is -2.07. The molecule has 6 heteroatoms. The number of methoxy groups -OCH3 is 1. The van der Waals surface area contributed by atoms with Gasteiger partial charge in [0.2, 0.25) is 5.89 Å². The van der Waals surface area contributed by atoms with Gasteiger partial charge in [-0.2, -0.15) is 0 Å². The Morgan fingerprint density at radius 3 is 2.95 bits per heavy atom. The normalized spacial score (nSPS) is 14.1. The highest BCUT2D eigenvalue weighted by molar-refractivity contribution is 5.34. The maximum absolute atomic E-state index is 5.53. The highest BCUT2D eigenvalue weighted by Gasteiger charge is 2.21.